The standard InChI is InChI=1S/C84H112ClN13O14S2/c1-58-77(113-57-91-58)62-11-7-59(8-12-62)53-90-81(101)75-49-68(99)56-97(75)82(102)78(83(2,3)4)86-27-37-107-39-41-109-43-45-111-46-44-110-42-40-108-38-36-93-28-32-95(33-29-93)66-17-9-60(10-18-66)52-88-73-22-20-70(50-74(73)98(103)104)114(105,106)92-80(100)71-21-19-67(48-76(71)112-69-47-63-24-26-87-79(63)89-54-69)96-34-30-94(31-35-96)55-64-23-25-84(5,6)51-72(64)61-13-15-65(85)16-14-61/h7-8,11-16,19-22,24,26,47-48,50,54,57,60,66,68,75,78,86,88,99H,9-10,17-18,23,25,27-46,49,51-53,55-56H2,1-6H3,(H,87,89)(H,90,101)(H,92,100)/t60?,66?,68-,75+,78-/m1/s1. The van der Waals surface area contributed by atoms with Crippen LogP contribution in [0.5, 0.6) is 11.5 Å². The van der Waals surface area contributed by atoms with Crippen LogP contribution >= 0.6 is 22.9 Å². The van der Waals surface area contributed by atoms with E-state index in [1.54, 1.807) is 41.8 Å². The smallest absolute Gasteiger partial charge is 0.293 e. The van der Waals surface area contributed by atoms with E-state index < -0.39 is 55.0 Å². The third kappa shape index (κ3) is 23.6. The topological polar surface area (TPSA) is 310 Å². The Hall–Kier alpha value is -8.01. The van der Waals surface area contributed by atoms with E-state index in [-0.39, 0.29) is 53.1 Å². The molecule has 3 atom stereocenters. The first kappa shape index (κ1) is 85.4. The molecule has 3 aromatic heterocycles. The number of nitro groups is 1. The van der Waals surface area contributed by atoms with Crippen LogP contribution in [0, 0.1) is 33.8 Å². The molecular weight excluding hydrogens is 1510 g/mol. The first-order chi connectivity index (χ1) is 54.9. The zero-order valence-electron chi connectivity index (χ0n) is 66.5. The van der Waals surface area contributed by atoms with Crippen LogP contribution in [0.25, 0.3) is 27.0 Å². The van der Waals surface area contributed by atoms with Crippen molar-refractivity contribution in [2.75, 3.05) is 161 Å². The zero-order chi connectivity index (χ0) is 80.4. The van der Waals surface area contributed by atoms with Crippen molar-refractivity contribution >= 4 is 84.4 Å². The maximum absolute atomic E-state index is 14.2. The van der Waals surface area contributed by atoms with E-state index in [9.17, 15) is 38.0 Å². The van der Waals surface area contributed by atoms with E-state index in [1.165, 1.54) is 39.9 Å². The zero-order valence-corrected chi connectivity index (χ0v) is 68.9. The minimum Gasteiger partial charge on any atom is -0.455 e. The Kier molecular flexibility index (Phi) is 30.1. The Balaban J connectivity index is 0.496. The average molecular weight is 1630 g/mol. The Labute approximate surface area is 678 Å². The molecule has 3 amide bonds. The number of amides is 3. The van der Waals surface area contributed by atoms with Crippen molar-refractivity contribution in [1.82, 2.24) is 49.9 Å². The van der Waals surface area contributed by atoms with Crippen molar-refractivity contribution < 1.29 is 61.3 Å². The number of allylic oxidation sites excluding steroid dienone is 1. The predicted molar refractivity (Wildman–Crippen MR) is 443 cm³/mol. The monoisotopic (exact) mass is 1630 g/mol. The van der Waals surface area contributed by atoms with Crippen molar-refractivity contribution in [2.24, 2.45) is 16.7 Å². The molecule has 616 valence electrons. The molecule has 0 spiro atoms. The number of nitrogens with one attached hydrogen (secondary N) is 5. The Morgan fingerprint density at radius 3 is 2.12 bits per heavy atom. The van der Waals surface area contributed by atoms with E-state index in [2.05, 4.69) is 81.2 Å². The Morgan fingerprint density at radius 1 is 0.789 bits per heavy atom. The van der Waals surface area contributed by atoms with Gasteiger partial charge in [-0.2, -0.15) is 0 Å². The molecule has 6 N–H and O–H groups in total. The van der Waals surface area contributed by atoms with Gasteiger partial charge in [0.2, 0.25) is 11.8 Å². The number of hydrogen-bond donors (Lipinski definition) is 6. The number of nitro benzene ring substituents is 1. The number of likely N-dealkylation sites (tertiary alicyclic amines) is 1. The van der Waals surface area contributed by atoms with Gasteiger partial charge >= 0.3 is 0 Å². The molecule has 114 heavy (non-hydrogen) atoms. The number of sulfonamides is 1. The van der Waals surface area contributed by atoms with Crippen LogP contribution in [0.3, 0.4) is 0 Å². The summed E-state index contributed by atoms with van der Waals surface area (Å²) >= 11 is 7.88. The highest BCUT2D eigenvalue weighted by Crippen LogP contribution is 2.44. The highest BCUT2D eigenvalue weighted by Gasteiger charge is 2.44. The molecular formula is C84H112ClN13O14S2. The molecule has 2 aliphatic carbocycles. The fraction of sp³-hybridized carbons (Fsp3) is 0.536. The number of benzene rings is 4. The van der Waals surface area contributed by atoms with Gasteiger partial charge in [0, 0.05) is 139 Å². The van der Waals surface area contributed by atoms with Gasteiger partial charge in [-0.3, -0.25) is 39.2 Å². The lowest BCUT2D eigenvalue weighted by Crippen LogP contribution is -2.57. The molecule has 0 unspecified atom stereocenters. The highest BCUT2D eigenvalue weighted by atomic mass is 35.5. The van der Waals surface area contributed by atoms with Crippen LogP contribution in [-0.4, -0.2) is 246 Å². The average Bonchev–Trinajstić information content (AvgIpc) is 1.78. The van der Waals surface area contributed by atoms with Gasteiger partial charge in [-0.25, -0.2) is 23.1 Å². The highest BCUT2D eigenvalue weighted by molar-refractivity contribution is 7.90. The van der Waals surface area contributed by atoms with Gasteiger partial charge in [-0.1, -0.05) is 88.2 Å². The number of halogens is 1. The van der Waals surface area contributed by atoms with Gasteiger partial charge in [-0.05, 0) is 139 Å². The van der Waals surface area contributed by atoms with Gasteiger partial charge < -0.3 is 64.3 Å². The van der Waals surface area contributed by atoms with Gasteiger partial charge in [0.1, 0.15) is 28.9 Å². The Morgan fingerprint density at radius 2 is 1.46 bits per heavy atom. The fourth-order valence-corrected chi connectivity index (χ4v) is 17.8. The summed E-state index contributed by atoms with van der Waals surface area (Å²) < 4.78 is 65.5. The van der Waals surface area contributed by atoms with E-state index in [1.807, 2.05) is 75.7 Å². The van der Waals surface area contributed by atoms with Crippen LogP contribution in [0.2, 0.25) is 5.02 Å². The molecule has 3 aliphatic heterocycles. The quantitative estimate of drug-likeness (QED) is 0.0119. The number of nitrogens with zero attached hydrogens (tertiary/aromatic N) is 8. The number of β-amino-alcohol motifs (C(OH)–C–C–N with tert-alkyl or cyclic N) is 1. The Bertz CT molecular complexity index is 4500. The number of thiazole rings is 1. The SMILES string of the molecule is Cc1ncsc1-c1ccc(CNC(=O)[C@@H]2C[C@@H](O)CN2C(=O)[C@@H](NCCOCCOCCOCCOCCOCCN2CCN(C3CCC(CNc4ccc(S(=O)(=O)NC(=O)c5ccc(N6CCN(CC7=C(c8ccc(Cl)cc8)CC(C)(C)CC7)CC6)cc5Oc5cnc6[nH]ccc6c5)cc4[N+](=O)[O-])CC3)CC2)C(C)(C)C)cc1. The number of aryl methyl sites for hydroxylation is 1. The molecule has 6 heterocycles. The predicted octanol–water partition coefficient (Wildman–Crippen LogP) is 11.2. The summed E-state index contributed by atoms with van der Waals surface area (Å²) in [5.41, 5.74) is 9.81. The lowest BCUT2D eigenvalue weighted by molar-refractivity contribution is -0.384. The minimum atomic E-state index is -4.63. The third-order valence-electron chi connectivity index (χ3n) is 22.4. The summed E-state index contributed by atoms with van der Waals surface area (Å²) in [6, 6.07) is 27.6. The molecule has 0 bridgehead atoms. The van der Waals surface area contributed by atoms with Gasteiger partial charge in [0.05, 0.1) is 116 Å². The van der Waals surface area contributed by atoms with E-state index in [4.69, 9.17) is 40.0 Å². The maximum Gasteiger partial charge on any atom is 0.293 e. The number of aliphatic hydroxyl groups excluding tert-OH is 1. The second-order valence-corrected chi connectivity index (χ2v) is 35.2. The molecule has 30 heteroatoms. The molecule has 0 radical (unpaired) electrons. The number of anilines is 2. The maximum atomic E-state index is 14.2. The van der Waals surface area contributed by atoms with Crippen molar-refractivity contribution in [3.05, 3.63) is 158 Å². The number of hydrogen-bond acceptors (Lipinski definition) is 23. The van der Waals surface area contributed by atoms with Crippen LogP contribution in [-0.2, 0) is 49.8 Å². The molecule has 12 rings (SSSR count). The molecule has 1 saturated carbocycles. The van der Waals surface area contributed by atoms with Crippen LogP contribution in [0.1, 0.15) is 113 Å². The number of aromatic amines is 1. The second kappa shape index (κ2) is 40.2. The first-order valence-corrected chi connectivity index (χ1v) is 42.8. The van der Waals surface area contributed by atoms with Gasteiger partial charge in [0.15, 0.2) is 0 Å². The lowest BCUT2D eigenvalue weighted by Gasteiger charge is -2.42. The van der Waals surface area contributed by atoms with E-state index >= 15 is 0 Å². The number of carbonyl (C=O) groups excluding carboxylic acids is 3. The number of ether oxygens (including phenoxy) is 6. The summed E-state index contributed by atoms with van der Waals surface area (Å²) in [7, 11) is -4.63. The summed E-state index contributed by atoms with van der Waals surface area (Å²) in [6.07, 6.45) is 9.75. The van der Waals surface area contributed by atoms with Crippen molar-refractivity contribution in [1.29, 1.82) is 0 Å². The molecule has 4 aromatic carbocycles. The summed E-state index contributed by atoms with van der Waals surface area (Å²) in [5.74, 6) is -0.756. The molecule has 5 aliphatic rings. The number of fused-ring (bicyclic) bond motifs is 1. The number of H-pyrrole nitrogens is 1. The normalized spacial score (nSPS) is 19.6. The summed E-state index contributed by atoms with van der Waals surface area (Å²) in [6.45, 7) is 26.8. The molecule has 27 nitrogen and oxygen atoms in total. The molecule has 7 aromatic rings. The number of pyridine rings is 1. The summed E-state index contributed by atoms with van der Waals surface area (Å²) in [4.78, 5) is 77.5. The van der Waals surface area contributed by atoms with Crippen LogP contribution in [0.15, 0.2) is 125 Å². The second-order valence-electron chi connectivity index (χ2n) is 32.3. The van der Waals surface area contributed by atoms with Crippen LogP contribution in [0.4, 0.5) is 17.1 Å². The van der Waals surface area contributed by atoms with Crippen molar-refractivity contribution in [3.63, 3.8) is 0 Å². The fourth-order valence-electron chi connectivity index (χ4n) is 15.9. The van der Waals surface area contributed by atoms with Crippen molar-refractivity contribution in [3.8, 4) is 21.9 Å². The largest absolute Gasteiger partial charge is 0.455 e. The number of carbonyl (C=O) groups is 3. The van der Waals surface area contributed by atoms with Gasteiger partial charge in [0.25, 0.3) is 21.6 Å². The minimum absolute atomic E-state index is 0.0466. The first-order valence-electron chi connectivity index (χ1n) is 40.0. The van der Waals surface area contributed by atoms with E-state index in [0.717, 1.165) is 141 Å². The third-order valence-corrected chi connectivity index (χ3v) is 25.0. The molecule has 3 saturated heterocycles. The van der Waals surface area contributed by atoms with Gasteiger partial charge in [-0.15, -0.1) is 11.3 Å². The van der Waals surface area contributed by atoms with E-state index in [0.29, 0.717) is 116 Å². The number of rotatable bonds is 38. The van der Waals surface area contributed by atoms with Crippen LogP contribution < -0.4 is 30.3 Å². The lowest BCUT2D eigenvalue weighted by atomic mass is 9.72. The number of piperazine rings is 2. The summed E-state index contributed by atoms with van der Waals surface area (Å²) in [5, 5.41) is 34.3. The number of aliphatic hydroxyl groups is 1. The van der Waals surface area contributed by atoms with Crippen molar-refractivity contribution in [2.45, 2.75) is 129 Å². The molecule has 4 fully saturated rings. The number of aromatic nitrogens is 3.